The highest BCUT2D eigenvalue weighted by Gasteiger charge is 2.09. The molecule has 0 bridgehead atoms. The zero-order chi connectivity index (χ0) is 12.9. The average molecular weight is 286 g/mol. The largest absolute Gasteiger partial charge is 0.316 e. The minimum atomic E-state index is 0. The standard InChI is InChI=1S/C18H19N.ClH/c1-2-5-15(6-3-1)9-10-16-7-4-8-17-11-13-19-14-12-18(16)17;/h1-10,19H,11-14H2;1H. The molecule has 0 radical (unpaired) electrons. The molecule has 2 aromatic rings. The van der Waals surface area contributed by atoms with E-state index in [-0.39, 0.29) is 12.4 Å². The van der Waals surface area contributed by atoms with Gasteiger partial charge in [-0.3, -0.25) is 0 Å². The summed E-state index contributed by atoms with van der Waals surface area (Å²) in [6, 6.07) is 17.2. The van der Waals surface area contributed by atoms with Crippen molar-refractivity contribution < 1.29 is 0 Å². The minimum absolute atomic E-state index is 0. The maximum Gasteiger partial charge on any atom is -0.000790 e. The number of fused-ring (bicyclic) bond motifs is 1. The van der Waals surface area contributed by atoms with Crippen molar-refractivity contribution in [1.29, 1.82) is 0 Å². The van der Waals surface area contributed by atoms with E-state index in [0.717, 1.165) is 25.9 Å². The van der Waals surface area contributed by atoms with Crippen molar-refractivity contribution in [2.75, 3.05) is 13.1 Å². The molecule has 3 rings (SSSR count). The average Bonchev–Trinajstić information content (AvgIpc) is 2.72. The quantitative estimate of drug-likeness (QED) is 0.824. The van der Waals surface area contributed by atoms with Gasteiger partial charge in [-0.2, -0.15) is 0 Å². The summed E-state index contributed by atoms with van der Waals surface area (Å²) in [4.78, 5) is 0. The fraction of sp³-hybridized carbons (Fsp3) is 0.222. The van der Waals surface area contributed by atoms with Crippen LogP contribution >= 0.6 is 12.4 Å². The van der Waals surface area contributed by atoms with Crippen molar-refractivity contribution in [3.05, 3.63) is 70.8 Å². The van der Waals surface area contributed by atoms with Gasteiger partial charge < -0.3 is 5.32 Å². The molecule has 0 aliphatic carbocycles. The van der Waals surface area contributed by atoms with Crippen molar-refractivity contribution >= 4 is 24.6 Å². The van der Waals surface area contributed by atoms with Gasteiger partial charge in [-0.1, -0.05) is 60.7 Å². The molecule has 0 amide bonds. The molecule has 0 spiro atoms. The van der Waals surface area contributed by atoms with Crippen LogP contribution in [0.15, 0.2) is 48.5 Å². The first-order chi connectivity index (χ1) is 9.43. The molecule has 1 nitrogen and oxygen atoms in total. The lowest BCUT2D eigenvalue weighted by Crippen LogP contribution is -2.16. The highest BCUT2D eigenvalue weighted by Crippen LogP contribution is 2.20. The fourth-order valence-electron chi connectivity index (χ4n) is 2.66. The normalized spacial score (nSPS) is 14.4. The van der Waals surface area contributed by atoms with Gasteiger partial charge in [-0.05, 0) is 48.2 Å². The number of rotatable bonds is 2. The first kappa shape index (κ1) is 14.8. The topological polar surface area (TPSA) is 12.0 Å². The summed E-state index contributed by atoms with van der Waals surface area (Å²) in [6.07, 6.45) is 6.72. The summed E-state index contributed by atoms with van der Waals surface area (Å²) in [5, 5.41) is 3.47. The van der Waals surface area contributed by atoms with Crippen LogP contribution in [-0.2, 0) is 12.8 Å². The fourth-order valence-corrected chi connectivity index (χ4v) is 2.66. The van der Waals surface area contributed by atoms with Crippen molar-refractivity contribution in [3.63, 3.8) is 0 Å². The van der Waals surface area contributed by atoms with E-state index in [4.69, 9.17) is 0 Å². The van der Waals surface area contributed by atoms with Gasteiger partial charge >= 0.3 is 0 Å². The summed E-state index contributed by atoms with van der Waals surface area (Å²) in [5.41, 5.74) is 5.64. The van der Waals surface area contributed by atoms with Crippen LogP contribution in [0.4, 0.5) is 0 Å². The zero-order valence-electron chi connectivity index (χ0n) is 11.5. The number of hydrogen-bond acceptors (Lipinski definition) is 1. The second kappa shape index (κ2) is 7.28. The Labute approximate surface area is 127 Å². The predicted octanol–water partition coefficient (Wildman–Crippen LogP) is 3.97. The lowest BCUT2D eigenvalue weighted by atomic mass is 9.96. The molecular formula is C18H20ClN. The van der Waals surface area contributed by atoms with Crippen molar-refractivity contribution in [2.24, 2.45) is 0 Å². The molecule has 1 heterocycles. The third-order valence-electron chi connectivity index (χ3n) is 3.69. The second-order valence-electron chi connectivity index (χ2n) is 4.98. The highest BCUT2D eigenvalue weighted by molar-refractivity contribution is 5.85. The molecule has 2 heteroatoms. The van der Waals surface area contributed by atoms with Crippen LogP contribution < -0.4 is 5.32 Å². The Morgan fingerprint density at radius 3 is 2.45 bits per heavy atom. The van der Waals surface area contributed by atoms with E-state index in [1.54, 1.807) is 0 Å². The summed E-state index contributed by atoms with van der Waals surface area (Å²) < 4.78 is 0. The van der Waals surface area contributed by atoms with Crippen molar-refractivity contribution in [3.8, 4) is 0 Å². The molecule has 20 heavy (non-hydrogen) atoms. The first-order valence-electron chi connectivity index (χ1n) is 6.98. The molecular weight excluding hydrogens is 266 g/mol. The van der Waals surface area contributed by atoms with Crippen LogP contribution in [0.1, 0.15) is 22.3 Å². The van der Waals surface area contributed by atoms with Gasteiger partial charge in [0, 0.05) is 0 Å². The number of halogens is 1. The molecule has 0 unspecified atom stereocenters. The molecule has 0 saturated carbocycles. The summed E-state index contributed by atoms with van der Waals surface area (Å²) in [7, 11) is 0. The molecule has 1 N–H and O–H groups in total. The monoisotopic (exact) mass is 285 g/mol. The van der Waals surface area contributed by atoms with Gasteiger partial charge in [0.15, 0.2) is 0 Å². The van der Waals surface area contributed by atoms with Gasteiger partial charge in [-0.25, -0.2) is 0 Å². The SMILES string of the molecule is C(=Cc1cccc2c1CCNCC2)c1ccccc1.Cl. The molecule has 104 valence electrons. The molecule has 0 saturated heterocycles. The molecule has 2 aromatic carbocycles. The number of benzene rings is 2. The Bertz CT molecular complexity index is 575. The number of hydrogen-bond donors (Lipinski definition) is 1. The van der Waals surface area contributed by atoms with Crippen LogP contribution in [0, 0.1) is 0 Å². The molecule has 1 aliphatic rings. The lowest BCUT2D eigenvalue weighted by Gasteiger charge is -2.08. The molecule has 0 aromatic heterocycles. The summed E-state index contributed by atoms with van der Waals surface area (Å²) in [5.74, 6) is 0. The smallest absolute Gasteiger partial charge is 0.000790 e. The van der Waals surface area contributed by atoms with E-state index in [2.05, 4.69) is 66.0 Å². The Balaban J connectivity index is 0.00000147. The van der Waals surface area contributed by atoms with Crippen LogP contribution in [0.3, 0.4) is 0 Å². The maximum absolute atomic E-state index is 3.47. The zero-order valence-corrected chi connectivity index (χ0v) is 12.3. The van der Waals surface area contributed by atoms with E-state index in [9.17, 15) is 0 Å². The first-order valence-corrected chi connectivity index (χ1v) is 6.98. The van der Waals surface area contributed by atoms with Crippen LogP contribution in [0.25, 0.3) is 12.2 Å². The maximum atomic E-state index is 3.47. The van der Waals surface area contributed by atoms with Crippen LogP contribution in [-0.4, -0.2) is 13.1 Å². The van der Waals surface area contributed by atoms with Gasteiger partial charge in [0.2, 0.25) is 0 Å². The third-order valence-corrected chi connectivity index (χ3v) is 3.69. The van der Waals surface area contributed by atoms with Gasteiger partial charge in [0.05, 0.1) is 0 Å². The van der Waals surface area contributed by atoms with E-state index in [1.165, 1.54) is 22.3 Å². The second-order valence-corrected chi connectivity index (χ2v) is 4.98. The van der Waals surface area contributed by atoms with Crippen molar-refractivity contribution in [1.82, 2.24) is 5.32 Å². The van der Waals surface area contributed by atoms with Gasteiger partial charge in [-0.15, -0.1) is 12.4 Å². The Hall–Kier alpha value is -1.57. The minimum Gasteiger partial charge on any atom is -0.316 e. The number of nitrogens with one attached hydrogen (secondary N) is 1. The summed E-state index contributed by atoms with van der Waals surface area (Å²) >= 11 is 0. The van der Waals surface area contributed by atoms with Crippen LogP contribution in [0.2, 0.25) is 0 Å². The highest BCUT2D eigenvalue weighted by atomic mass is 35.5. The van der Waals surface area contributed by atoms with E-state index < -0.39 is 0 Å². The van der Waals surface area contributed by atoms with Gasteiger partial charge in [0.25, 0.3) is 0 Å². The van der Waals surface area contributed by atoms with Crippen molar-refractivity contribution in [2.45, 2.75) is 12.8 Å². The molecule has 1 aliphatic heterocycles. The lowest BCUT2D eigenvalue weighted by molar-refractivity contribution is 0.711. The Morgan fingerprint density at radius 1 is 0.800 bits per heavy atom. The molecule has 0 fully saturated rings. The Kier molecular flexibility index (Phi) is 5.40. The summed E-state index contributed by atoms with van der Waals surface area (Å²) in [6.45, 7) is 2.18. The third kappa shape index (κ3) is 3.50. The van der Waals surface area contributed by atoms with E-state index >= 15 is 0 Å². The Morgan fingerprint density at radius 2 is 1.60 bits per heavy atom. The van der Waals surface area contributed by atoms with Gasteiger partial charge in [0.1, 0.15) is 0 Å². The predicted molar refractivity (Wildman–Crippen MR) is 89.3 cm³/mol. The van der Waals surface area contributed by atoms with Crippen LogP contribution in [0.5, 0.6) is 0 Å². The van der Waals surface area contributed by atoms with E-state index in [1.807, 2.05) is 0 Å². The molecule has 0 atom stereocenters. The van der Waals surface area contributed by atoms with E-state index in [0.29, 0.717) is 0 Å².